The number of rotatable bonds is 5. The van der Waals surface area contributed by atoms with Gasteiger partial charge in [0, 0.05) is 12.1 Å². The van der Waals surface area contributed by atoms with E-state index in [0.717, 1.165) is 6.08 Å². The number of carboxylic acid groups (broad SMARTS) is 1. The van der Waals surface area contributed by atoms with Crippen LogP contribution in [0.15, 0.2) is 24.8 Å². The second-order valence-electron chi connectivity index (χ2n) is 2.15. The van der Waals surface area contributed by atoms with Crippen LogP contribution in [-0.4, -0.2) is 23.5 Å². The molecular formula is C8H11NO3. The van der Waals surface area contributed by atoms with Crippen molar-refractivity contribution in [3.8, 4) is 0 Å². The zero-order chi connectivity index (χ0) is 9.56. The molecule has 4 nitrogen and oxygen atoms in total. The van der Waals surface area contributed by atoms with Crippen LogP contribution in [0.1, 0.15) is 6.42 Å². The smallest absolute Gasteiger partial charge is 0.331 e. The van der Waals surface area contributed by atoms with E-state index in [1.54, 1.807) is 0 Å². The fraction of sp³-hybridized carbons (Fsp3) is 0.250. The van der Waals surface area contributed by atoms with E-state index in [9.17, 15) is 9.59 Å². The lowest BCUT2D eigenvalue weighted by atomic mass is 10.2. The number of nitrogens with one attached hydrogen (secondary N) is 1. The van der Waals surface area contributed by atoms with E-state index in [4.69, 9.17) is 5.11 Å². The lowest BCUT2D eigenvalue weighted by molar-refractivity contribution is -0.132. The number of amides is 1. The molecule has 0 aliphatic heterocycles. The molecule has 0 aromatic carbocycles. The minimum Gasteiger partial charge on any atom is -0.478 e. The quantitative estimate of drug-likeness (QED) is 0.582. The van der Waals surface area contributed by atoms with Crippen LogP contribution < -0.4 is 5.32 Å². The fourth-order valence-corrected chi connectivity index (χ4v) is 0.516. The van der Waals surface area contributed by atoms with Crippen molar-refractivity contribution in [3.05, 3.63) is 24.8 Å². The maximum atomic E-state index is 10.6. The van der Waals surface area contributed by atoms with Crippen molar-refractivity contribution in [3.63, 3.8) is 0 Å². The number of aliphatic carboxylic acids is 1. The van der Waals surface area contributed by atoms with Crippen LogP contribution in [-0.2, 0) is 9.59 Å². The monoisotopic (exact) mass is 169 g/mol. The molecule has 1 amide bonds. The van der Waals surface area contributed by atoms with Gasteiger partial charge in [0.25, 0.3) is 0 Å². The van der Waals surface area contributed by atoms with Crippen molar-refractivity contribution in [1.82, 2.24) is 5.32 Å². The number of carbonyl (C=O) groups is 2. The van der Waals surface area contributed by atoms with Gasteiger partial charge in [-0.2, -0.15) is 0 Å². The second kappa shape index (κ2) is 5.12. The highest BCUT2D eigenvalue weighted by atomic mass is 16.4. The predicted octanol–water partition coefficient (Wildman–Crippen LogP) is 0.319. The highest BCUT2D eigenvalue weighted by Gasteiger charge is 2.02. The van der Waals surface area contributed by atoms with Crippen LogP contribution in [0, 0.1) is 0 Å². The van der Waals surface area contributed by atoms with Crippen molar-refractivity contribution < 1.29 is 14.7 Å². The molecule has 2 N–H and O–H groups in total. The molecule has 0 bridgehead atoms. The Morgan fingerprint density at radius 3 is 2.50 bits per heavy atom. The van der Waals surface area contributed by atoms with Crippen molar-refractivity contribution in [2.45, 2.75) is 6.42 Å². The van der Waals surface area contributed by atoms with E-state index in [-0.39, 0.29) is 24.4 Å². The van der Waals surface area contributed by atoms with Gasteiger partial charge in [-0.15, -0.1) is 0 Å². The highest BCUT2D eigenvalue weighted by molar-refractivity contribution is 5.87. The van der Waals surface area contributed by atoms with Gasteiger partial charge >= 0.3 is 5.97 Å². The summed E-state index contributed by atoms with van der Waals surface area (Å²) in [5, 5.41) is 10.8. The van der Waals surface area contributed by atoms with Gasteiger partial charge in [0.1, 0.15) is 0 Å². The van der Waals surface area contributed by atoms with Gasteiger partial charge in [0.05, 0.1) is 0 Å². The Morgan fingerprint density at radius 2 is 2.08 bits per heavy atom. The Labute approximate surface area is 70.6 Å². The van der Waals surface area contributed by atoms with Gasteiger partial charge in [-0.3, -0.25) is 4.79 Å². The van der Waals surface area contributed by atoms with Gasteiger partial charge in [0.2, 0.25) is 5.91 Å². The minimum atomic E-state index is -1.04. The Bertz CT molecular complexity index is 220. The summed E-state index contributed by atoms with van der Waals surface area (Å²) >= 11 is 0. The summed E-state index contributed by atoms with van der Waals surface area (Å²) in [4.78, 5) is 20.8. The molecule has 0 aromatic heterocycles. The normalized spacial score (nSPS) is 8.67. The maximum Gasteiger partial charge on any atom is 0.331 e. The first-order valence-electron chi connectivity index (χ1n) is 3.39. The van der Waals surface area contributed by atoms with Crippen LogP contribution in [0.4, 0.5) is 0 Å². The number of hydrogen-bond acceptors (Lipinski definition) is 2. The zero-order valence-electron chi connectivity index (χ0n) is 6.67. The van der Waals surface area contributed by atoms with E-state index in [1.165, 1.54) is 0 Å². The Morgan fingerprint density at radius 1 is 1.50 bits per heavy atom. The Balaban J connectivity index is 3.57. The molecule has 0 saturated heterocycles. The van der Waals surface area contributed by atoms with Crippen molar-refractivity contribution in [2.75, 3.05) is 6.54 Å². The minimum absolute atomic E-state index is 0.0827. The number of hydrogen-bond donors (Lipinski definition) is 2. The highest BCUT2D eigenvalue weighted by Crippen LogP contribution is 1.94. The molecule has 0 spiro atoms. The predicted molar refractivity (Wildman–Crippen MR) is 44.6 cm³/mol. The molecule has 0 aromatic rings. The topological polar surface area (TPSA) is 66.4 Å². The van der Waals surface area contributed by atoms with Gasteiger partial charge in [0.15, 0.2) is 0 Å². The van der Waals surface area contributed by atoms with Gasteiger partial charge < -0.3 is 10.4 Å². The summed E-state index contributed by atoms with van der Waals surface area (Å²) in [6.07, 6.45) is 1.37. The van der Waals surface area contributed by atoms with Gasteiger partial charge in [-0.25, -0.2) is 4.79 Å². The number of carbonyl (C=O) groups excluding carboxylic acids is 1. The Hall–Kier alpha value is -1.58. The number of carboxylic acids is 1. The molecule has 0 aliphatic carbocycles. The molecule has 0 rings (SSSR count). The van der Waals surface area contributed by atoms with Gasteiger partial charge in [-0.05, 0) is 12.5 Å². The van der Waals surface area contributed by atoms with Crippen molar-refractivity contribution >= 4 is 11.9 Å². The fourth-order valence-electron chi connectivity index (χ4n) is 0.516. The van der Waals surface area contributed by atoms with Crippen molar-refractivity contribution in [1.29, 1.82) is 0 Å². The van der Waals surface area contributed by atoms with Crippen LogP contribution in [0.25, 0.3) is 0 Å². The SMILES string of the molecule is C=CC(=O)NCCC(=C)C(=O)O. The summed E-state index contributed by atoms with van der Waals surface area (Å²) in [6.45, 7) is 6.82. The molecule has 0 saturated carbocycles. The molecule has 0 heterocycles. The van der Waals surface area contributed by atoms with E-state index < -0.39 is 5.97 Å². The van der Waals surface area contributed by atoms with E-state index >= 15 is 0 Å². The molecule has 0 fully saturated rings. The van der Waals surface area contributed by atoms with Crippen LogP contribution >= 0.6 is 0 Å². The van der Waals surface area contributed by atoms with Crippen LogP contribution in [0.5, 0.6) is 0 Å². The van der Waals surface area contributed by atoms with Crippen LogP contribution in [0.2, 0.25) is 0 Å². The molecule has 0 aliphatic rings. The second-order valence-corrected chi connectivity index (χ2v) is 2.15. The molecule has 0 radical (unpaired) electrons. The van der Waals surface area contributed by atoms with Gasteiger partial charge in [-0.1, -0.05) is 13.2 Å². The average Bonchev–Trinajstić information content (AvgIpc) is 2.03. The largest absolute Gasteiger partial charge is 0.478 e. The average molecular weight is 169 g/mol. The lowest BCUT2D eigenvalue weighted by Gasteiger charge is -2.00. The summed E-state index contributed by atoms with van der Waals surface area (Å²) in [6, 6.07) is 0. The van der Waals surface area contributed by atoms with Crippen molar-refractivity contribution in [2.24, 2.45) is 0 Å². The van der Waals surface area contributed by atoms with Crippen LogP contribution in [0.3, 0.4) is 0 Å². The summed E-state index contributed by atoms with van der Waals surface area (Å²) in [5.74, 6) is -1.35. The molecule has 0 atom stereocenters. The standard InChI is InChI=1S/C8H11NO3/c1-3-7(10)9-5-4-6(2)8(11)12/h3H,1-2,4-5H2,(H,9,10)(H,11,12). The third-order valence-corrected chi connectivity index (χ3v) is 1.21. The summed E-state index contributed by atoms with van der Waals surface area (Å²) in [5.41, 5.74) is 0.0827. The molecule has 12 heavy (non-hydrogen) atoms. The molecule has 0 unspecified atom stereocenters. The Kier molecular flexibility index (Phi) is 4.45. The first-order chi connectivity index (χ1) is 5.57. The third kappa shape index (κ3) is 4.27. The third-order valence-electron chi connectivity index (χ3n) is 1.21. The molecular weight excluding hydrogens is 158 g/mol. The maximum absolute atomic E-state index is 10.6. The molecule has 4 heteroatoms. The zero-order valence-corrected chi connectivity index (χ0v) is 6.67. The molecule has 66 valence electrons. The van der Waals surface area contributed by atoms with E-state index in [2.05, 4.69) is 18.5 Å². The van der Waals surface area contributed by atoms with E-state index in [1.807, 2.05) is 0 Å². The van der Waals surface area contributed by atoms with E-state index in [0.29, 0.717) is 0 Å². The first-order valence-corrected chi connectivity index (χ1v) is 3.39. The summed E-state index contributed by atoms with van der Waals surface area (Å²) < 4.78 is 0. The lowest BCUT2D eigenvalue weighted by Crippen LogP contribution is -2.22. The first kappa shape index (κ1) is 10.4. The summed E-state index contributed by atoms with van der Waals surface area (Å²) in [7, 11) is 0.